The highest BCUT2D eigenvalue weighted by Crippen LogP contribution is 2.23. The molecule has 3 nitrogen and oxygen atoms in total. The first-order valence-electron chi connectivity index (χ1n) is 7.29. The Hall–Kier alpha value is -1.09. The van der Waals surface area contributed by atoms with Gasteiger partial charge in [-0.3, -0.25) is 0 Å². The molecule has 2 heterocycles. The lowest BCUT2D eigenvalue weighted by Gasteiger charge is -2.34. The minimum absolute atomic E-state index is 0.637. The topological polar surface area (TPSA) is 28.2 Å². The van der Waals surface area contributed by atoms with E-state index in [9.17, 15) is 0 Å². The molecule has 1 aromatic rings. The maximum absolute atomic E-state index is 4.81. The largest absolute Gasteiger partial charge is 0.354 e. The number of aromatic nitrogens is 1. The Morgan fingerprint density at radius 2 is 2.17 bits per heavy atom. The summed E-state index contributed by atoms with van der Waals surface area (Å²) in [7, 11) is 0. The Morgan fingerprint density at radius 1 is 1.28 bits per heavy atom. The molecule has 18 heavy (non-hydrogen) atoms. The molecule has 1 saturated carbocycles. The predicted molar refractivity (Wildman–Crippen MR) is 74.8 cm³/mol. The van der Waals surface area contributed by atoms with Gasteiger partial charge in [0.1, 0.15) is 5.82 Å². The Balaban J connectivity index is 1.68. The molecular formula is C15H23N3. The van der Waals surface area contributed by atoms with E-state index < -0.39 is 0 Å². The van der Waals surface area contributed by atoms with Gasteiger partial charge in [0, 0.05) is 25.2 Å². The van der Waals surface area contributed by atoms with Crippen LogP contribution in [0.15, 0.2) is 18.2 Å². The normalized spacial score (nSPS) is 24.3. The van der Waals surface area contributed by atoms with Gasteiger partial charge < -0.3 is 10.2 Å². The van der Waals surface area contributed by atoms with Crippen LogP contribution in [0.1, 0.15) is 44.7 Å². The Labute approximate surface area is 110 Å². The lowest BCUT2D eigenvalue weighted by molar-refractivity contribution is 0.480. The SMILES string of the molecule is CC1CCCCN1c1cccc(CNC2CC2)n1. The fourth-order valence-corrected chi connectivity index (χ4v) is 2.70. The number of nitrogens with one attached hydrogen (secondary N) is 1. The smallest absolute Gasteiger partial charge is 0.129 e. The fourth-order valence-electron chi connectivity index (χ4n) is 2.70. The van der Waals surface area contributed by atoms with Gasteiger partial charge in [-0.1, -0.05) is 6.07 Å². The second-order valence-electron chi connectivity index (χ2n) is 5.68. The fraction of sp³-hybridized carbons (Fsp3) is 0.667. The molecule has 98 valence electrons. The van der Waals surface area contributed by atoms with Gasteiger partial charge in [-0.15, -0.1) is 0 Å². The van der Waals surface area contributed by atoms with E-state index in [-0.39, 0.29) is 0 Å². The van der Waals surface area contributed by atoms with Crippen molar-refractivity contribution in [2.24, 2.45) is 0 Å². The zero-order chi connectivity index (χ0) is 12.4. The van der Waals surface area contributed by atoms with Crippen LogP contribution in [0.2, 0.25) is 0 Å². The van der Waals surface area contributed by atoms with Gasteiger partial charge in [0.25, 0.3) is 0 Å². The summed E-state index contributed by atoms with van der Waals surface area (Å²) in [5.41, 5.74) is 1.18. The summed E-state index contributed by atoms with van der Waals surface area (Å²) < 4.78 is 0. The summed E-state index contributed by atoms with van der Waals surface area (Å²) in [6.45, 7) is 4.39. The Morgan fingerprint density at radius 3 is 2.94 bits per heavy atom. The van der Waals surface area contributed by atoms with Crippen LogP contribution in [0.5, 0.6) is 0 Å². The minimum atomic E-state index is 0.637. The Kier molecular flexibility index (Phi) is 3.50. The van der Waals surface area contributed by atoms with Crippen LogP contribution >= 0.6 is 0 Å². The van der Waals surface area contributed by atoms with E-state index in [2.05, 4.69) is 35.3 Å². The summed E-state index contributed by atoms with van der Waals surface area (Å²) in [5.74, 6) is 1.16. The van der Waals surface area contributed by atoms with Gasteiger partial charge in [0.2, 0.25) is 0 Å². The standard InChI is InChI=1S/C15H23N3/c1-12-5-2-3-10-18(12)15-7-4-6-14(17-15)11-16-13-8-9-13/h4,6-7,12-13,16H,2-3,5,8-11H2,1H3. The van der Waals surface area contributed by atoms with Crippen LogP contribution in [0.3, 0.4) is 0 Å². The maximum atomic E-state index is 4.81. The highest BCUT2D eigenvalue weighted by molar-refractivity contribution is 5.40. The third-order valence-corrected chi connectivity index (χ3v) is 4.04. The van der Waals surface area contributed by atoms with Gasteiger partial charge in [-0.05, 0) is 51.2 Å². The van der Waals surface area contributed by atoms with Crippen molar-refractivity contribution in [1.29, 1.82) is 0 Å². The van der Waals surface area contributed by atoms with Crippen molar-refractivity contribution in [1.82, 2.24) is 10.3 Å². The average Bonchev–Trinajstić information content (AvgIpc) is 3.21. The number of nitrogens with zero attached hydrogens (tertiary/aromatic N) is 2. The molecule has 3 heteroatoms. The van der Waals surface area contributed by atoms with Crippen LogP contribution in [-0.4, -0.2) is 23.6 Å². The number of rotatable bonds is 4. The van der Waals surface area contributed by atoms with E-state index in [1.54, 1.807) is 0 Å². The van der Waals surface area contributed by atoms with Crippen LogP contribution in [0, 0.1) is 0 Å². The average molecular weight is 245 g/mol. The van der Waals surface area contributed by atoms with Crippen LogP contribution in [-0.2, 0) is 6.54 Å². The molecular weight excluding hydrogens is 222 g/mol. The minimum Gasteiger partial charge on any atom is -0.354 e. The first-order chi connectivity index (χ1) is 8.83. The van der Waals surface area contributed by atoms with E-state index in [4.69, 9.17) is 4.98 Å². The molecule has 1 aliphatic carbocycles. The van der Waals surface area contributed by atoms with Gasteiger partial charge in [0.05, 0.1) is 5.69 Å². The van der Waals surface area contributed by atoms with Crippen LogP contribution in [0.4, 0.5) is 5.82 Å². The monoisotopic (exact) mass is 245 g/mol. The van der Waals surface area contributed by atoms with Crippen molar-refractivity contribution in [3.8, 4) is 0 Å². The second-order valence-corrected chi connectivity index (χ2v) is 5.68. The third kappa shape index (κ3) is 2.83. The molecule has 2 aliphatic rings. The summed E-state index contributed by atoms with van der Waals surface area (Å²) >= 11 is 0. The molecule has 0 radical (unpaired) electrons. The van der Waals surface area contributed by atoms with Crippen molar-refractivity contribution in [2.75, 3.05) is 11.4 Å². The van der Waals surface area contributed by atoms with Gasteiger partial charge in [-0.2, -0.15) is 0 Å². The third-order valence-electron chi connectivity index (χ3n) is 4.04. The van der Waals surface area contributed by atoms with Gasteiger partial charge >= 0.3 is 0 Å². The molecule has 1 aromatic heterocycles. The zero-order valence-electron chi connectivity index (χ0n) is 11.2. The predicted octanol–water partition coefficient (Wildman–Crippen LogP) is 2.71. The van der Waals surface area contributed by atoms with E-state index >= 15 is 0 Å². The molecule has 1 unspecified atom stereocenters. The summed E-state index contributed by atoms with van der Waals surface area (Å²) in [5, 5.41) is 3.53. The summed E-state index contributed by atoms with van der Waals surface area (Å²) in [4.78, 5) is 7.27. The van der Waals surface area contributed by atoms with E-state index in [0.29, 0.717) is 6.04 Å². The van der Waals surface area contributed by atoms with Gasteiger partial charge in [0.15, 0.2) is 0 Å². The van der Waals surface area contributed by atoms with Crippen molar-refractivity contribution >= 4 is 5.82 Å². The molecule has 0 bridgehead atoms. The van der Waals surface area contributed by atoms with Crippen LogP contribution < -0.4 is 10.2 Å². The number of hydrogen-bond acceptors (Lipinski definition) is 3. The highest BCUT2D eigenvalue weighted by Gasteiger charge is 2.21. The van der Waals surface area contributed by atoms with E-state index in [1.165, 1.54) is 37.8 Å². The molecule has 3 rings (SSSR count). The van der Waals surface area contributed by atoms with Crippen molar-refractivity contribution in [2.45, 2.75) is 57.7 Å². The van der Waals surface area contributed by atoms with Crippen molar-refractivity contribution < 1.29 is 0 Å². The quantitative estimate of drug-likeness (QED) is 0.884. The molecule has 1 atom stereocenters. The Bertz CT molecular complexity index is 400. The molecule has 0 aromatic carbocycles. The number of anilines is 1. The maximum Gasteiger partial charge on any atom is 0.129 e. The first kappa shape index (κ1) is 12.0. The highest BCUT2D eigenvalue weighted by atomic mass is 15.2. The van der Waals surface area contributed by atoms with Crippen molar-refractivity contribution in [3.05, 3.63) is 23.9 Å². The molecule has 2 fully saturated rings. The summed E-state index contributed by atoms with van der Waals surface area (Å²) in [6, 6.07) is 7.83. The molecule has 1 aliphatic heterocycles. The lowest BCUT2D eigenvalue weighted by atomic mass is 10.0. The second kappa shape index (κ2) is 5.27. The molecule has 0 spiro atoms. The zero-order valence-corrected chi connectivity index (χ0v) is 11.2. The van der Waals surface area contributed by atoms with Gasteiger partial charge in [-0.25, -0.2) is 4.98 Å². The molecule has 1 N–H and O–H groups in total. The van der Waals surface area contributed by atoms with Crippen LogP contribution in [0.25, 0.3) is 0 Å². The lowest BCUT2D eigenvalue weighted by Crippen LogP contribution is -2.38. The van der Waals surface area contributed by atoms with E-state index in [0.717, 1.165) is 24.9 Å². The van der Waals surface area contributed by atoms with E-state index in [1.807, 2.05) is 0 Å². The number of pyridine rings is 1. The molecule has 0 amide bonds. The number of piperidine rings is 1. The molecule has 1 saturated heterocycles. The first-order valence-corrected chi connectivity index (χ1v) is 7.29. The number of hydrogen-bond donors (Lipinski definition) is 1. The van der Waals surface area contributed by atoms with Crippen molar-refractivity contribution in [3.63, 3.8) is 0 Å². The summed E-state index contributed by atoms with van der Waals surface area (Å²) in [6.07, 6.45) is 6.63.